The van der Waals surface area contributed by atoms with E-state index in [4.69, 9.17) is 11.6 Å². The SMILES string of the molecule is O=c1c2cc(I)ccc2nc(C=Cc2cccc([N+](=O)[O-])c2)n1-c1ccc([N+](=O)[O-])cc1Cl. The second-order valence-corrected chi connectivity index (χ2v) is 8.50. The summed E-state index contributed by atoms with van der Waals surface area (Å²) in [7, 11) is 0. The molecule has 0 radical (unpaired) electrons. The van der Waals surface area contributed by atoms with Gasteiger partial charge in [-0.25, -0.2) is 4.98 Å². The van der Waals surface area contributed by atoms with Crippen LogP contribution in [0.5, 0.6) is 0 Å². The van der Waals surface area contributed by atoms with Gasteiger partial charge in [0.15, 0.2) is 0 Å². The Hall–Kier alpha value is -3.64. The molecule has 0 spiro atoms. The number of aromatic nitrogens is 2. The van der Waals surface area contributed by atoms with Gasteiger partial charge in [0.1, 0.15) is 5.82 Å². The van der Waals surface area contributed by atoms with Crippen molar-refractivity contribution in [1.29, 1.82) is 0 Å². The molecule has 0 atom stereocenters. The first kappa shape index (κ1) is 22.6. The number of rotatable bonds is 5. The summed E-state index contributed by atoms with van der Waals surface area (Å²) in [6.45, 7) is 0. The summed E-state index contributed by atoms with van der Waals surface area (Å²) in [5.41, 5.74) is 0.505. The fourth-order valence-electron chi connectivity index (χ4n) is 3.22. The molecule has 0 aliphatic heterocycles. The van der Waals surface area contributed by atoms with Crippen LogP contribution in [0, 0.1) is 23.8 Å². The van der Waals surface area contributed by atoms with Crippen molar-refractivity contribution in [3.05, 3.63) is 111 Å². The molecular weight excluding hydrogens is 563 g/mol. The van der Waals surface area contributed by atoms with Crippen LogP contribution in [0.15, 0.2) is 65.5 Å². The van der Waals surface area contributed by atoms with Crippen LogP contribution >= 0.6 is 34.2 Å². The zero-order chi connectivity index (χ0) is 23.7. The van der Waals surface area contributed by atoms with Crippen molar-refractivity contribution in [3.8, 4) is 5.69 Å². The molecule has 11 heteroatoms. The molecule has 0 saturated heterocycles. The van der Waals surface area contributed by atoms with Crippen LogP contribution in [0.1, 0.15) is 11.4 Å². The van der Waals surface area contributed by atoms with Gasteiger partial charge in [-0.05, 0) is 58.5 Å². The Labute approximate surface area is 204 Å². The van der Waals surface area contributed by atoms with Crippen LogP contribution < -0.4 is 5.56 Å². The summed E-state index contributed by atoms with van der Waals surface area (Å²) < 4.78 is 2.10. The van der Waals surface area contributed by atoms with E-state index in [0.29, 0.717) is 16.5 Å². The summed E-state index contributed by atoms with van der Waals surface area (Å²) >= 11 is 8.40. The highest BCUT2D eigenvalue weighted by molar-refractivity contribution is 14.1. The molecular formula is C22H12ClIN4O5. The smallest absolute Gasteiger partial charge is 0.268 e. The zero-order valence-corrected chi connectivity index (χ0v) is 19.4. The lowest BCUT2D eigenvalue weighted by atomic mass is 10.1. The first-order chi connectivity index (χ1) is 15.7. The summed E-state index contributed by atoms with van der Waals surface area (Å²) in [6, 6.07) is 15.0. The van der Waals surface area contributed by atoms with Crippen LogP contribution in [-0.4, -0.2) is 19.4 Å². The van der Waals surface area contributed by atoms with Crippen molar-refractivity contribution < 1.29 is 9.85 Å². The van der Waals surface area contributed by atoms with Crippen molar-refractivity contribution in [3.63, 3.8) is 0 Å². The predicted molar refractivity (Wildman–Crippen MR) is 134 cm³/mol. The van der Waals surface area contributed by atoms with Crippen LogP contribution in [0.2, 0.25) is 5.02 Å². The van der Waals surface area contributed by atoms with Gasteiger partial charge < -0.3 is 0 Å². The lowest BCUT2D eigenvalue weighted by Crippen LogP contribution is -2.22. The van der Waals surface area contributed by atoms with Crippen LogP contribution in [0.25, 0.3) is 28.7 Å². The third kappa shape index (κ3) is 4.61. The average molecular weight is 575 g/mol. The number of hydrogen-bond acceptors (Lipinski definition) is 6. The Morgan fingerprint density at radius 2 is 1.67 bits per heavy atom. The van der Waals surface area contributed by atoms with E-state index in [1.165, 1.54) is 34.9 Å². The van der Waals surface area contributed by atoms with E-state index in [-0.39, 0.29) is 27.9 Å². The van der Waals surface area contributed by atoms with Crippen LogP contribution in [0.3, 0.4) is 0 Å². The minimum absolute atomic E-state index is 0.00285. The number of nitro benzene ring substituents is 2. The van der Waals surface area contributed by atoms with Gasteiger partial charge in [-0.1, -0.05) is 29.8 Å². The third-order valence-electron chi connectivity index (χ3n) is 4.75. The van der Waals surface area contributed by atoms with Crippen molar-refractivity contribution in [1.82, 2.24) is 9.55 Å². The molecule has 4 rings (SSSR count). The molecule has 0 aliphatic carbocycles. The second-order valence-electron chi connectivity index (χ2n) is 6.85. The Bertz CT molecular complexity index is 1530. The molecule has 4 aromatic rings. The highest BCUT2D eigenvalue weighted by atomic mass is 127. The second kappa shape index (κ2) is 9.08. The zero-order valence-electron chi connectivity index (χ0n) is 16.5. The van der Waals surface area contributed by atoms with E-state index in [2.05, 4.69) is 27.6 Å². The molecule has 9 nitrogen and oxygen atoms in total. The molecule has 164 valence electrons. The number of nitro groups is 2. The number of nitrogens with zero attached hydrogens (tertiary/aromatic N) is 4. The molecule has 0 saturated carbocycles. The monoisotopic (exact) mass is 574 g/mol. The van der Waals surface area contributed by atoms with E-state index >= 15 is 0 Å². The maximum Gasteiger partial charge on any atom is 0.271 e. The molecule has 0 bridgehead atoms. The first-order valence-corrected chi connectivity index (χ1v) is 10.8. The summed E-state index contributed by atoms with van der Waals surface area (Å²) in [5.74, 6) is 0.205. The Kier molecular flexibility index (Phi) is 6.20. The molecule has 33 heavy (non-hydrogen) atoms. The molecule has 1 aromatic heterocycles. The van der Waals surface area contributed by atoms with Crippen molar-refractivity contribution in [2.45, 2.75) is 0 Å². The first-order valence-electron chi connectivity index (χ1n) is 9.34. The van der Waals surface area contributed by atoms with Gasteiger partial charge in [0.05, 0.1) is 31.5 Å². The fraction of sp³-hybridized carbons (Fsp3) is 0. The van der Waals surface area contributed by atoms with Gasteiger partial charge in [0.2, 0.25) is 0 Å². The third-order valence-corrected chi connectivity index (χ3v) is 5.72. The molecule has 1 heterocycles. The lowest BCUT2D eigenvalue weighted by Gasteiger charge is -2.13. The minimum Gasteiger partial charge on any atom is -0.268 e. The summed E-state index contributed by atoms with van der Waals surface area (Å²) in [4.78, 5) is 39.1. The highest BCUT2D eigenvalue weighted by Gasteiger charge is 2.17. The van der Waals surface area contributed by atoms with Crippen molar-refractivity contribution in [2.24, 2.45) is 0 Å². The van der Waals surface area contributed by atoms with Crippen LogP contribution in [0.4, 0.5) is 11.4 Å². The molecule has 0 aliphatic rings. The number of hydrogen-bond donors (Lipinski definition) is 0. The van der Waals surface area contributed by atoms with Crippen molar-refractivity contribution >= 4 is 68.6 Å². The van der Waals surface area contributed by atoms with E-state index < -0.39 is 15.4 Å². The molecule has 0 unspecified atom stereocenters. The predicted octanol–water partition coefficient (Wildman–Crippen LogP) is 5.63. The van der Waals surface area contributed by atoms with Gasteiger partial charge in [-0.3, -0.25) is 29.6 Å². The lowest BCUT2D eigenvalue weighted by molar-refractivity contribution is -0.385. The standard InChI is InChI=1S/C22H12ClIN4O5/c23-18-12-16(28(32)33)6-8-20(18)26-21(9-4-13-2-1-3-15(10-13)27(30)31)25-19-7-5-14(24)11-17(19)22(26)29/h1-12H. The fourth-order valence-corrected chi connectivity index (χ4v) is 3.97. The highest BCUT2D eigenvalue weighted by Crippen LogP contribution is 2.27. The van der Waals surface area contributed by atoms with Gasteiger partial charge in [0.25, 0.3) is 16.9 Å². The summed E-state index contributed by atoms with van der Waals surface area (Å²) in [6.07, 6.45) is 3.12. The Morgan fingerprint density at radius 3 is 2.36 bits per heavy atom. The Balaban J connectivity index is 1.95. The van der Waals surface area contributed by atoms with Gasteiger partial charge >= 0.3 is 0 Å². The maximum atomic E-state index is 13.4. The van der Waals surface area contributed by atoms with E-state index in [1.807, 2.05) is 6.07 Å². The number of halogens is 2. The number of non-ortho nitro benzene ring substituents is 2. The number of fused-ring (bicyclic) bond motifs is 1. The van der Waals surface area contributed by atoms with Gasteiger partial charge in [0, 0.05) is 27.8 Å². The normalized spacial score (nSPS) is 11.2. The molecule has 0 N–H and O–H groups in total. The largest absolute Gasteiger partial charge is 0.271 e. The minimum atomic E-state index is -0.581. The molecule has 0 fully saturated rings. The quantitative estimate of drug-likeness (QED) is 0.173. The molecule has 3 aromatic carbocycles. The van der Waals surface area contributed by atoms with Gasteiger partial charge in [-0.2, -0.15) is 0 Å². The number of benzene rings is 3. The Morgan fingerprint density at radius 1 is 0.939 bits per heavy atom. The van der Waals surface area contributed by atoms with E-state index in [0.717, 1.165) is 9.64 Å². The summed E-state index contributed by atoms with van der Waals surface area (Å²) in [5, 5.41) is 22.5. The topological polar surface area (TPSA) is 121 Å². The average Bonchev–Trinajstić information content (AvgIpc) is 2.79. The van der Waals surface area contributed by atoms with E-state index in [1.54, 1.807) is 30.3 Å². The van der Waals surface area contributed by atoms with Gasteiger partial charge in [-0.15, -0.1) is 0 Å². The maximum absolute atomic E-state index is 13.4. The van der Waals surface area contributed by atoms with E-state index in [9.17, 15) is 25.0 Å². The molecule has 0 amide bonds. The van der Waals surface area contributed by atoms with Crippen molar-refractivity contribution in [2.75, 3.05) is 0 Å². The van der Waals surface area contributed by atoms with Crippen LogP contribution in [-0.2, 0) is 0 Å².